The Morgan fingerprint density at radius 1 is 1.00 bits per heavy atom. The zero-order valence-electron chi connectivity index (χ0n) is 16.0. The van der Waals surface area contributed by atoms with Gasteiger partial charge in [0, 0.05) is 5.69 Å². The van der Waals surface area contributed by atoms with Crippen LogP contribution in [0.15, 0.2) is 81.0 Å². The first-order valence-corrected chi connectivity index (χ1v) is 9.95. The van der Waals surface area contributed by atoms with Crippen LogP contribution in [0.25, 0.3) is 11.5 Å². The second kappa shape index (κ2) is 8.36. The van der Waals surface area contributed by atoms with E-state index in [2.05, 4.69) is 15.5 Å². The zero-order valence-corrected chi connectivity index (χ0v) is 16.8. The second-order valence-corrected chi connectivity index (χ2v) is 7.58. The molecule has 2 aromatic heterocycles. The summed E-state index contributed by atoms with van der Waals surface area (Å²) in [6.45, 7) is 3.83. The average molecular weight is 405 g/mol. The van der Waals surface area contributed by atoms with E-state index in [-0.39, 0.29) is 5.91 Å². The molecule has 0 spiro atoms. The fourth-order valence-electron chi connectivity index (χ4n) is 2.82. The number of carbonyl (C=O) groups excluding carboxylic acids is 1. The van der Waals surface area contributed by atoms with Crippen molar-refractivity contribution >= 4 is 23.4 Å². The molecule has 0 saturated carbocycles. The normalized spacial score (nSPS) is 11.9. The predicted molar refractivity (Wildman–Crippen MR) is 112 cm³/mol. The SMILES string of the molecule is Cc1ccc(NC(=O)[C@@H](Sc2nnc(-c3ccoc3C)o2)c2ccccc2)cc1. The highest BCUT2D eigenvalue weighted by Gasteiger charge is 2.25. The fourth-order valence-corrected chi connectivity index (χ4v) is 3.70. The van der Waals surface area contributed by atoms with Crippen molar-refractivity contribution in [1.82, 2.24) is 10.2 Å². The molecule has 146 valence electrons. The summed E-state index contributed by atoms with van der Waals surface area (Å²) in [5, 5.41) is 10.9. The van der Waals surface area contributed by atoms with E-state index in [1.54, 1.807) is 12.3 Å². The molecule has 6 nitrogen and oxygen atoms in total. The lowest BCUT2D eigenvalue weighted by Gasteiger charge is -2.15. The first-order valence-electron chi connectivity index (χ1n) is 9.07. The predicted octanol–water partition coefficient (Wildman–Crippen LogP) is 5.42. The first-order chi connectivity index (χ1) is 14.1. The highest BCUT2D eigenvalue weighted by Crippen LogP contribution is 2.37. The summed E-state index contributed by atoms with van der Waals surface area (Å²) in [5.74, 6) is 0.899. The molecule has 7 heteroatoms. The van der Waals surface area contributed by atoms with Gasteiger partial charge in [0.2, 0.25) is 5.91 Å². The van der Waals surface area contributed by atoms with E-state index in [1.165, 1.54) is 11.8 Å². The van der Waals surface area contributed by atoms with E-state index in [4.69, 9.17) is 8.83 Å². The van der Waals surface area contributed by atoms with Gasteiger partial charge in [0.05, 0.1) is 11.8 Å². The summed E-state index contributed by atoms with van der Waals surface area (Å²) < 4.78 is 11.1. The van der Waals surface area contributed by atoms with Crippen molar-refractivity contribution in [3.05, 3.63) is 83.8 Å². The minimum absolute atomic E-state index is 0.163. The first kappa shape index (κ1) is 19.0. The van der Waals surface area contributed by atoms with Crippen LogP contribution in [0.3, 0.4) is 0 Å². The Labute approximate surface area is 172 Å². The molecule has 0 radical (unpaired) electrons. The number of nitrogens with one attached hydrogen (secondary N) is 1. The molecule has 2 aromatic carbocycles. The smallest absolute Gasteiger partial charge is 0.277 e. The van der Waals surface area contributed by atoms with Gasteiger partial charge in [-0.05, 0) is 49.4 Å². The minimum Gasteiger partial charge on any atom is -0.469 e. The molecule has 1 atom stereocenters. The number of rotatable bonds is 6. The highest BCUT2D eigenvalue weighted by atomic mass is 32.2. The van der Waals surface area contributed by atoms with E-state index in [9.17, 15) is 4.79 Å². The number of aryl methyl sites for hydroxylation is 2. The second-order valence-electron chi connectivity index (χ2n) is 6.53. The van der Waals surface area contributed by atoms with Crippen molar-refractivity contribution in [3.63, 3.8) is 0 Å². The molecule has 2 heterocycles. The number of aromatic nitrogens is 2. The van der Waals surface area contributed by atoms with Crippen molar-refractivity contribution in [3.8, 4) is 11.5 Å². The standard InChI is InChI=1S/C22H19N3O3S/c1-14-8-10-17(11-9-14)23-20(26)19(16-6-4-3-5-7-16)29-22-25-24-21(28-22)18-12-13-27-15(18)2/h3-13,19H,1-2H3,(H,23,26)/t19-/m0/s1. The van der Waals surface area contributed by atoms with Crippen LogP contribution >= 0.6 is 11.8 Å². The fraction of sp³-hybridized carbons (Fsp3) is 0.136. The molecule has 29 heavy (non-hydrogen) atoms. The van der Waals surface area contributed by atoms with E-state index in [0.29, 0.717) is 16.9 Å². The summed E-state index contributed by atoms with van der Waals surface area (Å²) in [6.07, 6.45) is 1.57. The number of thioether (sulfide) groups is 1. The van der Waals surface area contributed by atoms with Gasteiger partial charge in [-0.25, -0.2) is 0 Å². The summed E-state index contributed by atoms with van der Waals surface area (Å²) in [4.78, 5) is 13.1. The summed E-state index contributed by atoms with van der Waals surface area (Å²) in [7, 11) is 0. The molecule has 1 N–H and O–H groups in total. The zero-order chi connectivity index (χ0) is 20.2. The van der Waals surface area contributed by atoms with Gasteiger partial charge < -0.3 is 14.2 Å². The molecule has 1 amide bonds. The van der Waals surface area contributed by atoms with Gasteiger partial charge in [0.15, 0.2) is 0 Å². The molecule has 4 rings (SSSR count). The van der Waals surface area contributed by atoms with Crippen LogP contribution in [0.2, 0.25) is 0 Å². The van der Waals surface area contributed by atoms with Crippen LogP contribution in [0.5, 0.6) is 0 Å². The Kier molecular flexibility index (Phi) is 5.48. The number of furan rings is 1. The Morgan fingerprint density at radius 2 is 1.76 bits per heavy atom. The minimum atomic E-state index is -0.545. The Balaban J connectivity index is 1.58. The molecule has 4 aromatic rings. The molecule has 0 unspecified atom stereocenters. The van der Waals surface area contributed by atoms with Gasteiger partial charge in [0.25, 0.3) is 11.1 Å². The van der Waals surface area contributed by atoms with Crippen LogP contribution < -0.4 is 5.32 Å². The molecule has 0 aliphatic carbocycles. The molecular formula is C22H19N3O3S. The number of hydrogen-bond donors (Lipinski definition) is 1. The lowest BCUT2D eigenvalue weighted by atomic mass is 10.1. The number of benzene rings is 2. The van der Waals surface area contributed by atoms with E-state index < -0.39 is 5.25 Å². The largest absolute Gasteiger partial charge is 0.469 e. The van der Waals surface area contributed by atoms with Crippen LogP contribution in [0.4, 0.5) is 5.69 Å². The van der Waals surface area contributed by atoms with Crippen LogP contribution in [-0.4, -0.2) is 16.1 Å². The van der Waals surface area contributed by atoms with Crippen LogP contribution in [-0.2, 0) is 4.79 Å². The molecule has 0 aliphatic rings. The van der Waals surface area contributed by atoms with E-state index in [1.807, 2.05) is 68.4 Å². The lowest BCUT2D eigenvalue weighted by molar-refractivity contribution is -0.115. The van der Waals surface area contributed by atoms with Crippen molar-refractivity contribution in [2.45, 2.75) is 24.3 Å². The van der Waals surface area contributed by atoms with Crippen molar-refractivity contribution in [2.24, 2.45) is 0 Å². The Bertz CT molecular complexity index is 1100. The van der Waals surface area contributed by atoms with Crippen LogP contribution in [0.1, 0.15) is 22.1 Å². The van der Waals surface area contributed by atoms with Gasteiger partial charge in [-0.15, -0.1) is 10.2 Å². The monoisotopic (exact) mass is 405 g/mol. The van der Waals surface area contributed by atoms with Gasteiger partial charge in [-0.1, -0.05) is 48.0 Å². The number of carbonyl (C=O) groups is 1. The number of anilines is 1. The molecule has 0 fully saturated rings. The maximum atomic E-state index is 13.1. The summed E-state index contributed by atoms with van der Waals surface area (Å²) in [5.41, 5.74) is 3.46. The van der Waals surface area contributed by atoms with Crippen molar-refractivity contribution < 1.29 is 13.6 Å². The molecule has 0 saturated heterocycles. The number of amides is 1. The maximum absolute atomic E-state index is 13.1. The topological polar surface area (TPSA) is 81.2 Å². The Hall–Kier alpha value is -3.32. The summed E-state index contributed by atoms with van der Waals surface area (Å²) >= 11 is 1.21. The van der Waals surface area contributed by atoms with Gasteiger partial charge in [0.1, 0.15) is 11.0 Å². The third-order valence-corrected chi connectivity index (χ3v) is 5.46. The molecular weight excluding hydrogens is 386 g/mol. The third kappa shape index (κ3) is 4.41. The molecule has 0 aliphatic heterocycles. The van der Waals surface area contributed by atoms with Crippen LogP contribution in [0, 0.1) is 13.8 Å². The van der Waals surface area contributed by atoms with Crippen molar-refractivity contribution in [1.29, 1.82) is 0 Å². The average Bonchev–Trinajstić information content (AvgIpc) is 3.37. The maximum Gasteiger partial charge on any atom is 0.277 e. The number of nitrogens with zero attached hydrogens (tertiary/aromatic N) is 2. The number of hydrogen-bond acceptors (Lipinski definition) is 6. The Morgan fingerprint density at radius 3 is 2.45 bits per heavy atom. The van der Waals surface area contributed by atoms with E-state index in [0.717, 1.165) is 22.4 Å². The third-order valence-electron chi connectivity index (χ3n) is 4.37. The van der Waals surface area contributed by atoms with Gasteiger partial charge >= 0.3 is 0 Å². The lowest BCUT2D eigenvalue weighted by Crippen LogP contribution is -2.19. The quantitative estimate of drug-likeness (QED) is 0.432. The van der Waals surface area contributed by atoms with Crippen molar-refractivity contribution in [2.75, 3.05) is 5.32 Å². The van der Waals surface area contributed by atoms with Gasteiger partial charge in [-0.3, -0.25) is 4.79 Å². The van der Waals surface area contributed by atoms with E-state index >= 15 is 0 Å². The highest BCUT2D eigenvalue weighted by molar-refractivity contribution is 8.00. The molecule has 0 bridgehead atoms. The van der Waals surface area contributed by atoms with Gasteiger partial charge in [-0.2, -0.15) is 0 Å². The summed E-state index contributed by atoms with van der Waals surface area (Å²) in [6, 6.07) is 19.0.